The van der Waals surface area contributed by atoms with Crippen LogP contribution in [-0.2, 0) is 25.9 Å². The number of aryl methyl sites for hydroxylation is 1. The minimum absolute atomic E-state index is 0.827. The molecule has 1 aliphatic rings. The van der Waals surface area contributed by atoms with Gasteiger partial charge in [-0.3, -0.25) is 15.1 Å². The molecule has 2 aromatic heterocycles. The number of nitrogens with one attached hydrogen (secondary N) is 2. The summed E-state index contributed by atoms with van der Waals surface area (Å²) in [6.07, 6.45) is 6.77. The van der Waals surface area contributed by atoms with Gasteiger partial charge in [0.15, 0.2) is 0 Å². The first-order chi connectivity index (χ1) is 14.8. The van der Waals surface area contributed by atoms with Gasteiger partial charge in [0, 0.05) is 24.3 Å². The van der Waals surface area contributed by atoms with Crippen LogP contribution in [0.5, 0.6) is 0 Å². The third kappa shape index (κ3) is 3.81. The molecular formula is C25H27N5. The van der Waals surface area contributed by atoms with Gasteiger partial charge < -0.3 is 0 Å². The number of rotatable bonds is 6. The summed E-state index contributed by atoms with van der Waals surface area (Å²) in [5, 5.41) is 15.4. The summed E-state index contributed by atoms with van der Waals surface area (Å²) in [4.78, 5) is 2.32. The van der Waals surface area contributed by atoms with E-state index in [0.717, 1.165) is 37.2 Å². The van der Waals surface area contributed by atoms with Crippen molar-refractivity contribution in [2.45, 2.75) is 38.8 Å². The molecule has 2 aromatic carbocycles. The Kier molecular flexibility index (Phi) is 5.20. The summed E-state index contributed by atoms with van der Waals surface area (Å²) < 4.78 is 0. The van der Waals surface area contributed by atoms with Crippen LogP contribution < -0.4 is 0 Å². The second-order valence-electron chi connectivity index (χ2n) is 8.22. The highest BCUT2D eigenvalue weighted by molar-refractivity contribution is 5.69. The first kappa shape index (κ1) is 18.8. The Bertz CT molecular complexity index is 1110. The highest BCUT2D eigenvalue weighted by Gasteiger charge is 2.18. The molecule has 30 heavy (non-hydrogen) atoms. The first-order valence-corrected chi connectivity index (χ1v) is 10.7. The van der Waals surface area contributed by atoms with Crippen molar-refractivity contribution in [3.05, 3.63) is 83.3 Å². The van der Waals surface area contributed by atoms with Gasteiger partial charge in [0.25, 0.3) is 0 Å². The van der Waals surface area contributed by atoms with Crippen molar-refractivity contribution in [2.24, 2.45) is 0 Å². The normalized spacial score (nSPS) is 13.5. The highest BCUT2D eigenvalue weighted by atomic mass is 15.2. The van der Waals surface area contributed by atoms with E-state index in [9.17, 15) is 0 Å². The lowest BCUT2D eigenvalue weighted by atomic mass is 9.96. The summed E-state index contributed by atoms with van der Waals surface area (Å²) >= 11 is 0. The molecule has 5 heteroatoms. The monoisotopic (exact) mass is 397 g/mol. The topological polar surface area (TPSA) is 60.6 Å². The molecule has 0 bridgehead atoms. The molecule has 0 spiro atoms. The van der Waals surface area contributed by atoms with Gasteiger partial charge in [-0.15, -0.1) is 0 Å². The number of nitrogens with zero attached hydrogens (tertiary/aromatic N) is 3. The van der Waals surface area contributed by atoms with Gasteiger partial charge in [-0.1, -0.05) is 54.6 Å². The molecule has 5 rings (SSSR count). The number of aromatic amines is 2. The Hall–Kier alpha value is -3.18. The maximum absolute atomic E-state index is 4.60. The van der Waals surface area contributed by atoms with Crippen molar-refractivity contribution >= 4 is 0 Å². The number of hydrogen-bond acceptors (Lipinski definition) is 3. The molecule has 0 saturated carbocycles. The fourth-order valence-electron chi connectivity index (χ4n) is 4.42. The van der Waals surface area contributed by atoms with Gasteiger partial charge in [-0.05, 0) is 55.0 Å². The molecule has 0 aliphatic heterocycles. The summed E-state index contributed by atoms with van der Waals surface area (Å²) in [7, 11) is 2.15. The molecule has 0 unspecified atom stereocenters. The van der Waals surface area contributed by atoms with Gasteiger partial charge in [0.2, 0.25) is 0 Å². The van der Waals surface area contributed by atoms with Crippen molar-refractivity contribution in [3.8, 4) is 22.4 Å². The van der Waals surface area contributed by atoms with E-state index < -0.39 is 0 Å². The number of fused-ring (bicyclic) bond motifs is 1. The largest absolute Gasteiger partial charge is 0.296 e. The van der Waals surface area contributed by atoms with Crippen molar-refractivity contribution in [3.63, 3.8) is 0 Å². The molecule has 0 radical (unpaired) electrons. The lowest BCUT2D eigenvalue weighted by Gasteiger charge is -2.17. The minimum Gasteiger partial charge on any atom is -0.296 e. The molecule has 0 fully saturated rings. The Morgan fingerprint density at radius 1 is 0.833 bits per heavy atom. The molecule has 1 aliphatic carbocycles. The van der Waals surface area contributed by atoms with Crippen LogP contribution in [0.3, 0.4) is 0 Å². The number of H-pyrrole nitrogens is 2. The second kappa shape index (κ2) is 8.28. The lowest BCUT2D eigenvalue weighted by molar-refractivity contribution is 0.314. The van der Waals surface area contributed by atoms with Crippen LogP contribution in [0.25, 0.3) is 22.4 Å². The molecule has 0 atom stereocenters. The quantitative estimate of drug-likeness (QED) is 0.482. The predicted molar refractivity (Wildman–Crippen MR) is 120 cm³/mol. The summed E-state index contributed by atoms with van der Waals surface area (Å²) in [6.45, 7) is 1.68. The van der Waals surface area contributed by atoms with E-state index in [-0.39, 0.29) is 0 Å². The lowest BCUT2D eigenvalue weighted by Crippen LogP contribution is -2.19. The fraction of sp³-hybridized carbons (Fsp3) is 0.280. The predicted octanol–water partition coefficient (Wildman–Crippen LogP) is 4.98. The fourth-order valence-corrected chi connectivity index (χ4v) is 4.42. The van der Waals surface area contributed by atoms with Gasteiger partial charge in [-0.25, -0.2) is 0 Å². The minimum atomic E-state index is 0.827. The van der Waals surface area contributed by atoms with E-state index in [2.05, 4.69) is 80.9 Å². The van der Waals surface area contributed by atoms with Crippen LogP contribution in [0.2, 0.25) is 0 Å². The summed E-state index contributed by atoms with van der Waals surface area (Å²) in [5.74, 6) is 0. The average molecular weight is 398 g/mol. The van der Waals surface area contributed by atoms with Crippen LogP contribution in [0.1, 0.15) is 35.4 Å². The number of aromatic nitrogens is 4. The number of benzene rings is 2. The Morgan fingerprint density at radius 2 is 1.57 bits per heavy atom. The van der Waals surface area contributed by atoms with E-state index in [4.69, 9.17) is 0 Å². The first-order valence-electron chi connectivity index (χ1n) is 10.7. The molecule has 152 valence electrons. The van der Waals surface area contributed by atoms with Gasteiger partial charge in [0.1, 0.15) is 0 Å². The van der Waals surface area contributed by atoms with Crippen LogP contribution in [0.4, 0.5) is 0 Å². The highest BCUT2D eigenvalue weighted by Crippen LogP contribution is 2.27. The molecule has 0 saturated heterocycles. The SMILES string of the molecule is CN(Cc1cn[nH]c1-c1ccc(-c2ccccc2)cc1)Cc1n[nH]c2c1CCCC2. The summed E-state index contributed by atoms with van der Waals surface area (Å²) in [5.41, 5.74) is 9.89. The van der Waals surface area contributed by atoms with Crippen molar-refractivity contribution in [1.29, 1.82) is 0 Å². The van der Waals surface area contributed by atoms with E-state index >= 15 is 0 Å². The standard InChI is InChI=1S/C25H27N5/c1-30(17-24-22-9-5-6-10-23(22)27-28-24)16-21-15-26-29-25(21)20-13-11-19(12-14-20)18-7-3-2-4-8-18/h2-4,7-8,11-15H,5-6,9-10,16-17H2,1H3,(H,26,29)(H,27,28). The second-order valence-corrected chi connectivity index (χ2v) is 8.22. The van der Waals surface area contributed by atoms with Crippen LogP contribution in [0, 0.1) is 0 Å². The number of hydrogen-bond donors (Lipinski definition) is 2. The molecular weight excluding hydrogens is 370 g/mol. The smallest absolute Gasteiger partial charge is 0.0797 e. The van der Waals surface area contributed by atoms with Gasteiger partial charge in [0.05, 0.1) is 17.6 Å². The van der Waals surface area contributed by atoms with Gasteiger partial charge >= 0.3 is 0 Å². The molecule has 2 heterocycles. The zero-order valence-corrected chi connectivity index (χ0v) is 17.4. The molecule has 2 N–H and O–H groups in total. The van der Waals surface area contributed by atoms with E-state index in [0.29, 0.717) is 0 Å². The average Bonchev–Trinajstić information content (AvgIpc) is 3.42. The zero-order valence-electron chi connectivity index (χ0n) is 17.4. The van der Waals surface area contributed by atoms with Crippen molar-refractivity contribution in [2.75, 3.05) is 7.05 Å². The van der Waals surface area contributed by atoms with E-state index in [1.165, 1.54) is 46.5 Å². The Balaban J connectivity index is 1.31. The maximum atomic E-state index is 4.60. The van der Waals surface area contributed by atoms with Crippen LogP contribution >= 0.6 is 0 Å². The maximum Gasteiger partial charge on any atom is 0.0797 e. The van der Waals surface area contributed by atoms with E-state index in [1.807, 2.05) is 12.3 Å². The third-order valence-corrected chi connectivity index (χ3v) is 6.00. The van der Waals surface area contributed by atoms with Crippen molar-refractivity contribution in [1.82, 2.24) is 25.3 Å². The third-order valence-electron chi connectivity index (χ3n) is 6.00. The molecule has 4 aromatic rings. The zero-order chi connectivity index (χ0) is 20.3. The van der Waals surface area contributed by atoms with Crippen LogP contribution in [0.15, 0.2) is 60.8 Å². The van der Waals surface area contributed by atoms with Crippen molar-refractivity contribution < 1.29 is 0 Å². The molecule has 5 nitrogen and oxygen atoms in total. The van der Waals surface area contributed by atoms with E-state index in [1.54, 1.807) is 0 Å². The summed E-state index contributed by atoms with van der Waals surface area (Å²) in [6, 6.07) is 19.2. The molecule has 0 amide bonds. The Morgan fingerprint density at radius 3 is 2.40 bits per heavy atom. The Labute approximate surface area is 177 Å². The van der Waals surface area contributed by atoms with Crippen LogP contribution in [-0.4, -0.2) is 32.3 Å². The van der Waals surface area contributed by atoms with Gasteiger partial charge in [-0.2, -0.15) is 10.2 Å².